The van der Waals surface area contributed by atoms with E-state index in [9.17, 15) is 13.6 Å². The number of carbonyl (C=O) groups excluding carboxylic acids is 1. The van der Waals surface area contributed by atoms with Crippen molar-refractivity contribution in [2.45, 2.75) is 14.8 Å². The molecule has 0 fully saturated rings. The Kier molecular flexibility index (Phi) is 4.14. The third-order valence-corrected chi connectivity index (χ3v) is 9.22. The predicted octanol–water partition coefficient (Wildman–Crippen LogP) is 2.61. The van der Waals surface area contributed by atoms with Crippen LogP contribution in [0.3, 0.4) is 0 Å². The van der Waals surface area contributed by atoms with Crippen LogP contribution < -0.4 is 9.44 Å². The minimum absolute atomic E-state index is 0.153. The fourth-order valence-electron chi connectivity index (χ4n) is 2.57. The van der Waals surface area contributed by atoms with Crippen LogP contribution in [-0.2, 0) is 7.05 Å². The van der Waals surface area contributed by atoms with Gasteiger partial charge >= 0.3 is 126 Å². The standard InChI is InChI=1S/C12H9F2N2O.3CH3.Sn/c1-16-6-5-7(11(16)12(15)17)10-8(13)3-2-4-9(10)14;;;;/h2-5H,1H3,(H2,15,17);3*1H3;. The first-order chi connectivity index (χ1) is 9.64. The van der Waals surface area contributed by atoms with Gasteiger partial charge in [0.1, 0.15) is 0 Å². The van der Waals surface area contributed by atoms with E-state index >= 15 is 0 Å². The zero-order chi connectivity index (χ0) is 15.9. The summed E-state index contributed by atoms with van der Waals surface area (Å²) >= 11 is -2.56. The SMILES string of the molecule is Cn1[c]([Sn]([CH3])([CH3])[CH3])cc(-c2c(F)cccc2F)c1C(N)=O. The Morgan fingerprint density at radius 1 is 1.19 bits per heavy atom. The molecule has 0 aliphatic carbocycles. The molecule has 0 unspecified atom stereocenters. The molecule has 0 bridgehead atoms. The zero-order valence-corrected chi connectivity index (χ0v) is 15.4. The number of halogens is 2. The molecular weight excluding hydrogens is 381 g/mol. The molecule has 1 aromatic heterocycles. The molecule has 1 heterocycles. The van der Waals surface area contributed by atoms with E-state index in [0.29, 0.717) is 0 Å². The maximum absolute atomic E-state index is 14.0. The summed E-state index contributed by atoms with van der Waals surface area (Å²) in [4.78, 5) is 18.2. The molecule has 0 saturated heterocycles. The Labute approximate surface area is 126 Å². The third-order valence-electron chi connectivity index (χ3n) is 3.47. The van der Waals surface area contributed by atoms with Gasteiger partial charge in [0.05, 0.1) is 0 Å². The van der Waals surface area contributed by atoms with Crippen molar-refractivity contribution in [1.82, 2.24) is 4.57 Å². The topological polar surface area (TPSA) is 48.0 Å². The van der Waals surface area contributed by atoms with Crippen molar-refractivity contribution in [3.05, 3.63) is 41.6 Å². The molecule has 0 spiro atoms. The molecule has 0 saturated carbocycles. The fraction of sp³-hybridized carbons (Fsp3) is 0.267. The second kappa shape index (κ2) is 5.44. The van der Waals surface area contributed by atoms with Crippen molar-refractivity contribution in [2.75, 3.05) is 0 Å². The second-order valence-corrected chi connectivity index (χ2v) is 20.4. The van der Waals surface area contributed by atoms with Crippen LogP contribution in [0.25, 0.3) is 11.1 Å². The number of amides is 1. The summed E-state index contributed by atoms with van der Waals surface area (Å²) in [5, 5.41) is 0. The van der Waals surface area contributed by atoms with E-state index < -0.39 is 35.9 Å². The molecule has 1 aromatic carbocycles. The van der Waals surface area contributed by atoms with Gasteiger partial charge in [0.2, 0.25) is 0 Å². The Balaban J connectivity index is 2.84. The van der Waals surface area contributed by atoms with Crippen molar-refractivity contribution in [1.29, 1.82) is 0 Å². The number of aromatic nitrogens is 1. The molecule has 3 nitrogen and oxygen atoms in total. The van der Waals surface area contributed by atoms with Crippen molar-refractivity contribution in [2.24, 2.45) is 12.8 Å². The van der Waals surface area contributed by atoms with Crippen LogP contribution in [0.1, 0.15) is 10.5 Å². The first-order valence-electron chi connectivity index (χ1n) is 6.59. The van der Waals surface area contributed by atoms with E-state index in [-0.39, 0.29) is 16.8 Å². The fourth-order valence-corrected chi connectivity index (χ4v) is 7.41. The summed E-state index contributed by atoms with van der Waals surface area (Å²) in [5.41, 5.74) is 5.63. The molecule has 6 heteroatoms. The van der Waals surface area contributed by atoms with Crippen molar-refractivity contribution in [3.8, 4) is 11.1 Å². The van der Waals surface area contributed by atoms with Crippen LogP contribution in [0.2, 0.25) is 14.8 Å². The van der Waals surface area contributed by atoms with Crippen molar-refractivity contribution < 1.29 is 13.6 Å². The van der Waals surface area contributed by atoms with Gasteiger partial charge in [-0.3, -0.25) is 0 Å². The van der Waals surface area contributed by atoms with E-state index in [2.05, 4.69) is 14.8 Å². The van der Waals surface area contributed by atoms with Gasteiger partial charge in [0, 0.05) is 0 Å². The van der Waals surface area contributed by atoms with Crippen LogP contribution in [0, 0.1) is 11.6 Å². The van der Waals surface area contributed by atoms with Gasteiger partial charge in [-0.1, -0.05) is 0 Å². The molecule has 2 aromatic rings. The van der Waals surface area contributed by atoms with E-state index in [1.54, 1.807) is 17.7 Å². The number of hydrogen-bond donors (Lipinski definition) is 1. The summed E-state index contributed by atoms with van der Waals surface area (Å²) in [6.45, 7) is 0. The number of nitrogens with two attached hydrogens (primary N) is 1. The van der Waals surface area contributed by atoms with Gasteiger partial charge in [-0.2, -0.15) is 0 Å². The molecule has 0 atom stereocenters. The molecule has 2 N–H and O–H groups in total. The third kappa shape index (κ3) is 2.83. The first-order valence-corrected chi connectivity index (χ1v) is 16.6. The molecule has 0 radical (unpaired) electrons. The Morgan fingerprint density at radius 2 is 1.71 bits per heavy atom. The van der Waals surface area contributed by atoms with Crippen LogP contribution in [0.15, 0.2) is 24.3 Å². The van der Waals surface area contributed by atoms with Crippen molar-refractivity contribution in [3.63, 3.8) is 0 Å². The van der Waals surface area contributed by atoms with Gasteiger partial charge in [0.15, 0.2) is 0 Å². The summed E-state index contributed by atoms with van der Waals surface area (Å²) in [6.07, 6.45) is 0. The second-order valence-electron chi connectivity index (χ2n) is 6.06. The van der Waals surface area contributed by atoms with Crippen LogP contribution in [-0.4, -0.2) is 28.9 Å². The molecular formula is C15H18F2N2OSn. The van der Waals surface area contributed by atoms with Crippen LogP contribution in [0.4, 0.5) is 8.78 Å². The zero-order valence-electron chi connectivity index (χ0n) is 12.5. The van der Waals surface area contributed by atoms with Crippen LogP contribution >= 0.6 is 0 Å². The van der Waals surface area contributed by atoms with Gasteiger partial charge in [-0.25, -0.2) is 0 Å². The Bertz CT molecular complexity index is 697. The van der Waals surface area contributed by atoms with Gasteiger partial charge < -0.3 is 0 Å². The van der Waals surface area contributed by atoms with Crippen molar-refractivity contribution >= 4 is 28.0 Å². The van der Waals surface area contributed by atoms with E-state index in [1.807, 2.05) is 0 Å². The Hall–Kier alpha value is -1.37. The van der Waals surface area contributed by atoms with E-state index in [1.165, 1.54) is 18.2 Å². The molecule has 112 valence electrons. The minimum atomic E-state index is -2.56. The summed E-state index contributed by atoms with van der Waals surface area (Å²) < 4.78 is 30.7. The first kappa shape index (κ1) is 16.0. The Morgan fingerprint density at radius 3 is 2.14 bits per heavy atom. The summed E-state index contributed by atoms with van der Waals surface area (Å²) in [7, 11) is 1.72. The van der Waals surface area contributed by atoms with Gasteiger partial charge in [0.25, 0.3) is 0 Å². The number of benzene rings is 1. The predicted molar refractivity (Wildman–Crippen MR) is 82.3 cm³/mol. The molecule has 0 aliphatic rings. The molecule has 1 amide bonds. The summed E-state index contributed by atoms with van der Waals surface area (Å²) in [6, 6.07) is 5.37. The van der Waals surface area contributed by atoms with E-state index in [0.717, 1.165) is 3.71 Å². The number of rotatable bonds is 3. The van der Waals surface area contributed by atoms with Crippen LogP contribution in [0.5, 0.6) is 0 Å². The maximum atomic E-state index is 14.0. The average Bonchev–Trinajstić information content (AvgIpc) is 2.66. The number of carbonyl (C=O) groups is 1. The monoisotopic (exact) mass is 400 g/mol. The van der Waals surface area contributed by atoms with Gasteiger partial charge in [-0.15, -0.1) is 0 Å². The van der Waals surface area contributed by atoms with E-state index in [4.69, 9.17) is 5.73 Å². The molecule has 2 rings (SSSR count). The molecule has 21 heavy (non-hydrogen) atoms. The number of primary amides is 1. The quantitative estimate of drug-likeness (QED) is 0.793. The summed E-state index contributed by atoms with van der Waals surface area (Å²) in [5.74, 6) is -2.07. The number of nitrogens with zero attached hydrogens (tertiary/aromatic N) is 1. The normalized spacial score (nSPS) is 11.7. The average molecular weight is 399 g/mol. The molecule has 0 aliphatic heterocycles. The number of hydrogen-bond acceptors (Lipinski definition) is 1. The van der Waals surface area contributed by atoms with Gasteiger partial charge in [-0.05, 0) is 0 Å².